The van der Waals surface area contributed by atoms with Crippen molar-refractivity contribution in [2.24, 2.45) is 0 Å². The van der Waals surface area contributed by atoms with Gasteiger partial charge >= 0.3 is 19.8 Å². The van der Waals surface area contributed by atoms with E-state index in [1.54, 1.807) is 0 Å². The molecule has 1 saturated carbocycles. The van der Waals surface area contributed by atoms with E-state index in [1.165, 1.54) is 116 Å². The van der Waals surface area contributed by atoms with E-state index in [4.69, 9.17) is 18.5 Å². The van der Waals surface area contributed by atoms with Crippen molar-refractivity contribution in [1.82, 2.24) is 0 Å². The molecule has 0 saturated heterocycles. The standard InChI is InChI=1S/C46H87O13P/c1-3-5-7-9-11-13-15-17-19-20-21-23-25-27-29-31-33-35-40(48)58-38(37-57-60(54,55)59-46-44(52)42(50)41(49)43(51)45(46)53)36-56-39(47)34-32-30-28-26-24-22-18-16-14-12-10-8-6-4-2/h16,18,38,41-46,49-53H,3-15,17,19-37H2,1-2H3,(H,54,55)/b18-16-/t38-,41?,42-,43?,44?,45?,46?/m1/s1. The summed E-state index contributed by atoms with van der Waals surface area (Å²) < 4.78 is 33.5. The van der Waals surface area contributed by atoms with Crippen molar-refractivity contribution in [2.75, 3.05) is 13.2 Å². The van der Waals surface area contributed by atoms with E-state index in [0.29, 0.717) is 12.8 Å². The van der Waals surface area contributed by atoms with E-state index < -0.39 is 75.7 Å². The lowest BCUT2D eigenvalue weighted by Crippen LogP contribution is -2.64. The highest BCUT2D eigenvalue weighted by Crippen LogP contribution is 2.47. The molecule has 354 valence electrons. The summed E-state index contributed by atoms with van der Waals surface area (Å²) in [5.41, 5.74) is 0. The molecule has 0 aliphatic heterocycles. The fourth-order valence-corrected chi connectivity index (χ4v) is 8.43. The van der Waals surface area contributed by atoms with Gasteiger partial charge in [-0.2, -0.15) is 0 Å². The van der Waals surface area contributed by atoms with Crippen LogP contribution in [-0.2, 0) is 32.7 Å². The van der Waals surface area contributed by atoms with Crippen LogP contribution in [0.4, 0.5) is 0 Å². The summed E-state index contributed by atoms with van der Waals surface area (Å²) in [4.78, 5) is 35.7. The minimum Gasteiger partial charge on any atom is -0.462 e. The topological polar surface area (TPSA) is 210 Å². The fraction of sp³-hybridized carbons (Fsp3) is 0.913. The van der Waals surface area contributed by atoms with Crippen LogP contribution in [0.5, 0.6) is 0 Å². The van der Waals surface area contributed by atoms with Gasteiger partial charge in [0, 0.05) is 12.8 Å². The van der Waals surface area contributed by atoms with Crippen molar-refractivity contribution in [1.29, 1.82) is 0 Å². The predicted octanol–water partition coefficient (Wildman–Crippen LogP) is 9.45. The first-order chi connectivity index (χ1) is 28.9. The quantitative estimate of drug-likeness (QED) is 0.0147. The molecule has 14 heteroatoms. The Balaban J connectivity index is 2.43. The number of ether oxygens (including phenoxy) is 2. The lowest BCUT2D eigenvalue weighted by Gasteiger charge is -2.41. The van der Waals surface area contributed by atoms with Crippen molar-refractivity contribution in [2.45, 2.75) is 256 Å². The van der Waals surface area contributed by atoms with Gasteiger partial charge in [0.15, 0.2) is 6.10 Å². The summed E-state index contributed by atoms with van der Waals surface area (Å²) >= 11 is 0. The average Bonchev–Trinajstić information content (AvgIpc) is 3.23. The number of esters is 2. The number of rotatable bonds is 40. The van der Waals surface area contributed by atoms with E-state index in [0.717, 1.165) is 57.8 Å². The zero-order valence-corrected chi connectivity index (χ0v) is 38.4. The summed E-state index contributed by atoms with van der Waals surface area (Å²) in [5.74, 6) is -1.10. The maximum Gasteiger partial charge on any atom is 0.472 e. The maximum atomic E-state index is 12.8. The first-order valence-electron chi connectivity index (χ1n) is 24.0. The Bertz CT molecular complexity index is 1110. The van der Waals surface area contributed by atoms with Crippen LogP contribution in [0.3, 0.4) is 0 Å². The van der Waals surface area contributed by atoms with Gasteiger partial charge in [-0.25, -0.2) is 4.57 Å². The number of carbonyl (C=O) groups is 2. The van der Waals surface area contributed by atoms with E-state index in [9.17, 15) is 44.6 Å². The number of unbranched alkanes of at least 4 members (excludes halogenated alkanes) is 26. The second-order valence-corrected chi connectivity index (χ2v) is 18.4. The van der Waals surface area contributed by atoms with Crippen molar-refractivity contribution in [3.63, 3.8) is 0 Å². The lowest BCUT2D eigenvalue weighted by atomic mass is 9.85. The Labute approximate surface area is 363 Å². The molecule has 6 N–H and O–H groups in total. The van der Waals surface area contributed by atoms with Gasteiger partial charge < -0.3 is 39.9 Å². The Morgan fingerprint density at radius 2 is 0.850 bits per heavy atom. The summed E-state index contributed by atoms with van der Waals surface area (Å²) in [6.45, 7) is 3.30. The highest BCUT2D eigenvalue weighted by atomic mass is 31.2. The van der Waals surface area contributed by atoms with E-state index in [-0.39, 0.29) is 12.8 Å². The monoisotopic (exact) mass is 879 g/mol. The summed E-state index contributed by atoms with van der Waals surface area (Å²) in [5, 5.41) is 50.2. The first-order valence-corrected chi connectivity index (χ1v) is 25.5. The van der Waals surface area contributed by atoms with Crippen molar-refractivity contribution < 1.29 is 63.1 Å². The number of phosphoric ester groups is 1. The summed E-state index contributed by atoms with van der Waals surface area (Å²) in [6.07, 6.45) is 25.5. The highest BCUT2D eigenvalue weighted by Gasteiger charge is 2.51. The van der Waals surface area contributed by atoms with Crippen molar-refractivity contribution in [3.8, 4) is 0 Å². The van der Waals surface area contributed by atoms with Crippen LogP contribution >= 0.6 is 7.82 Å². The SMILES string of the molecule is CCCCCCC/C=C\CCCCCCCC(=O)OC[C@H](COP(=O)(O)OC1C(O)C(O)C(O)[C@@H](O)C1O)OC(=O)CCCCCCCCCCCCCCCCCCC. The first kappa shape index (κ1) is 56.6. The molecule has 8 atom stereocenters. The minimum atomic E-state index is -5.11. The lowest BCUT2D eigenvalue weighted by molar-refractivity contribution is -0.220. The van der Waals surface area contributed by atoms with Crippen LogP contribution in [-0.4, -0.2) is 98.3 Å². The highest BCUT2D eigenvalue weighted by molar-refractivity contribution is 7.47. The number of phosphoric acid groups is 1. The molecule has 0 amide bonds. The third-order valence-corrected chi connectivity index (χ3v) is 12.3. The van der Waals surface area contributed by atoms with Gasteiger partial charge in [-0.3, -0.25) is 18.6 Å². The Hall–Kier alpha value is -1.41. The fourth-order valence-electron chi connectivity index (χ4n) is 7.46. The van der Waals surface area contributed by atoms with Gasteiger partial charge in [0.05, 0.1) is 6.61 Å². The molecule has 0 radical (unpaired) electrons. The van der Waals surface area contributed by atoms with Crippen LogP contribution in [0, 0.1) is 0 Å². The second-order valence-electron chi connectivity index (χ2n) is 17.0. The number of carbonyl (C=O) groups excluding carboxylic acids is 2. The normalized spacial score (nSPS) is 22.2. The number of allylic oxidation sites excluding steroid dienone is 2. The van der Waals surface area contributed by atoms with Gasteiger partial charge in [0.1, 0.15) is 43.2 Å². The molecule has 1 aliphatic rings. The van der Waals surface area contributed by atoms with Gasteiger partial charge in [-0.1, -0.05) is 174 Å². The third kappa shape index (κ3) is 29.0. The third-order valence-electron chi connectivity index (χ3n) is 11.4. The molecular weight excluding hydrogens is 791 g/mol. The zero-order valence-electron chi connectivity index (χ0n) is 37.5. The Kier molecular flexibility index (Phi) is 34.9. The number of aliphatic hydroxyl groups is 5. The van der Waals surface area contributed by atoms with E-state index >= 15 is 0 Å². The second kappa shape index (κ2) is 37.0. The predicted molar refractivity (Wildman–Crippen MR) is 235 cm³/mol. The van der Waals surface area contributed by atoms with Crippen LogP contribution in [0.2, 0.25) is 0 Å². The van der Waals surface area contributed by atoms with Crippen LogP contribution < -0.4 is 0 Å². The molecule has 1 fully saturated rings. The Morgan fingerprint density at radius 1 is 0.500 bits per heavy atom. The molecule has 60 heavy (non-hydrogen) atoms. The largest absolute Gasteiger partial charge is 0.472 e. The van der Waals surface area contributed by atoms with E-state index in [2.05, 4.69) is 26.0 Å². The van der Waals surface area contributed by atoms with Crippen molar-refractivity contribution >= 4 is 19.8 Å². The van der Waals surface area contributed by atoms with Crippen LogP contribution in [0.25, 0.3) is 0 Å². The molecule has 0 aromatic heterocycles. The molecular formula is C46H87O13P. The minimum absolute atomic E-state index is 0.101. The molecule has 0 aromatic carbocycles. The summed E-state index contributed by atoms with van der Waals surface area (Å²) in [7, 11) is -5.11. The smallest absolute Gasteiger partial charge is 0.462 e. The molecule has 0 aromatic rings. The van der Waals surface area contributed by atoms with Crippen LogP contribution in [0.1, 0.15) is 213 Å². The van der Waals surface area contributed by atoms with Crippen molar-refractivity contribution in [3.05, 3.63) is 12.2 Å². The zero-order chi connectivity index (χ0) is 44.3. The number of aliphatic hydroxyl groups excluding tert-OH is 5. The Morgan fingerprint density at radius 3 is 1.27 bits per heavy atom. The van der Waals surface area contributed by atoms with Gasteiger partial charge in [-0.15, -0.1) is 0 Å². The van der Waals surface area contributed by atoms with Crippen LogP contribution in [0.15, 0.2) is 12.2 Å². The molecule has 1 rings (SSSR count). The molecule has 1 aliphatic carbocycles. The molecule has 13 nitrogen and oxygen atoms in total. The molecule has 6 unspecified atom stereocenters. The summed E-state index contributed by atoms with van der Waals surface area (Å²) in [6, 6.07) is 0. The number of hydrogen-bond donors (Lipinski definition) is 6. The maximum absolute atomic E-state index is 12.8. The van der Waals surface area contributed by atoms with Gasteiger partial charge in [-0.05, 0) is 38.5 Å². The van der Waals surface area contributed by atoms with E-state index in [1.807, 2.05) is 0 Å². The molecule has 0 heterocycles. The molecule has 0 bridgehead atoms. The average molecular weight is 879 g/mol. The molecule has 0 spiro atoms. The number of hydrogen-bond acceptors (Lipinski definition) is 12. The van der Waals surface area contributed by atoms with Gasteiger partial charge in [0.25, 0.3) is 0 Å². The van der Waals surface area contributed by atoms with Gasteiger partial charge in [0.2, 0.25) is 0 Å².